The smallest absolute Gasteiger partial charge is 0.244 e. The number of hydrogen-bond donors (Lipinski definition) is 1. The molecule has 0 saturated carbocycles. The van der Waals surface area contributed by atoms with Gasteiger partial charge in [-0.05, 0) is 42.7 Å². The summed E-state index contributed by atoms with van der Waals surface area (Å²) in [6.07, 6.45) is 3.11. The minimum Gasteiger partial charge on any atom is -0.354 e. The van der Waals surface area contributed by atoms with E-state index in [0.717, 1.165) is 40.1 Å². The van der Waals surface area contributed by atoms with Crippen molar-refractivity contribution in [3.63, 3.8) is 0 Å². The van der Waals surface area contributed by atoms with E-state index in [1.807, 2.05) is 68.4 Å². The minimum absolute atomic E-state index is 0.162. The molecule has 2 amide bonds. The summed E-state index contributed by atoms with van der Waals surface area (Å²) in [6, 6.07) is 23.2. The predicted octanol–water partition coefficient (Wildman–Crippen LogP) is 5.08. The zero-order chi connectivity index (χ0) is 28.4. The maximum absolute atomic E-state index is 14.0. The Labute approximate surface area is 240 Å². The molecule has 1 N–H and O–H groups in total. The monoisotopic (exact) mass is 613 g/mol. The first-order valence-corrected chi connectivity index (χ1v) is 15.6. The van der Waals surface area contributed by atoms with Gasteiger partial charge in [0.05, 0.1) is 11.9 Å². The van der Waals surface area contributed by atoms with E-state index in [1.54, 1.807) is 24.3 Å². The van der Waals surface area contributed by atoms with E-state index in [9.17, 15) is 18.0 Å². The fourth-order valence-corrected chi connectivity index (χ4v) is 5.54. The van der Waals surface area contributed by atoms with E-state index >= 15 is 0 Å². The van der Waals surface area contributed by atoms with Gasteiger partial charge in [-0.1, -0.05) is 95.5 Å². The van der Waals surface area contributed by atoms with Crippen molar-refractivity contribution >= 4 is 43.5 Å². The van der Waals surface area contributed by atoms with Crippen LogP contribution in [-0.2, 0) is 32.6 Å². The van der Waals surface area contributed by atoms with Gasteiger partial charge in [0.25, 0.3) is 0 Å². The van der Waals surface area contributed by atoms with Crippen LogP contribution in [0.15, 0.2) is 83.3 Å². The average molecular weight is 615 g/mol. The van der Waals surface area contributed by atoms with Crippen LogP contribution in [-0.4, -0.2) is 50.5 Å². The molecule has 0 aliphatic rings. The second kappa shape index (κ2) is 14.3. The molecule has 0 spiro atoms. The van der Waals surface area contributed by atoms with Gasteiger partial charge in [0.15, 0.2) is 0 Å². The molecule has 0 saturated heterocycles. The number of rotatable bonds is 13. The molecule has 1 atom stereocenters. The highest BCUT2D eigenvalue weighted by Crippen LogP contribution is 2.23. The van der Waals surface area contributed by atoms with Crippen molar-refractivity contribution in [2.75, 3.05) is 23.7 Å². The Morgan fingerprint density at radius 1 is 0.949 bits per heavy atom. The number of anilines is 1. The van der Waals surface area contributed by atoms with Crippen LogP contribution in [0.1, 0.15) is 36.5 Å². The van der Waals surface area contributed by atoms with Gasteiger partial charge in [-0.15, -0.1) is 0 Å². The van der Waals surface area contributed by atoms with E-state index in [0.29, 0.717) is 23.1 Å². The Bertz CT molecular complexity index is 1370. The third-order valence-corrected chi connectivity index (χ3v) is 7.95. The fourth-order valence-electron chi connectivity index (χ4n) is 4.31. The number of nitrogens with one attached hydrogen (secondary N) is 1. The summed E-state index contributed by atoms with van der Waals surface area (Å²) in [5.74, 6) is -0.727. The zero-order valence-electron chi connectivity index (χ0n) is 22.6. The van der Waals surface area contributed by atoms with Crippen molar-refractivity contribution in [1.29, 1.82) is 0 Å². The van der Waals surface area contributed by atoms with E-state index in [2.05, 4.69) is 21.2 Å². The van der Waals surface area contributed by atoms with Gasteiger partial charge in [-0.25, -0.2) is 8.42 Å². The number of benzene rings is 3. The quantitative estimate of drug-likeness (QED) is 0.272. The summed E-state index contributed by atoms with van der Waals surface area (Å²) < 4.78 is 27.4. The molecule has 0 radical (unpaired) electrons. The number of carbonyl (C=O) groups excluding carboxylic acids is 2. The number of hydrogen-bond acceptors (Lipinski definition) is 4. The Morgan fingerprint density at radius 3 is 2.28 bits per heavy atom. The number of carbonyl (C=O) groups is 2. The first kappa shape index (κ1) is 30.4. The van der Waals surface area contributed by atoms with Crippen molar-refractivity contribution in [3.05, 3.63) is 100 Å². The number of unbranched alkanes of at least 4 members (excludes halogenated alkanes) is 1. The summed E-state index contributed by atoms with van der Waals surface area (Å²) >= 11 is 3.38. The lowest BCUT2D eigenvalue weighted by molar-refractivity contribution is -0.140. The van der Waals surface area contributed by atoms with Crippen molar-refractivity contribution in [3.8, 4) is 0 Å². The summed E-state index contributed by atoms with van der Waals surface area (Å²) in [5.41, 5.74) is 3.15. The predicted molar refractivity (Wildman–Crippen MR) is 160 cm³/mol. The van der Waals surface area contributed by atoms with Crippen LogP contribution in [0.3, 0.4) is 0 Å². The highest BCUT2D eigenvalue weighted by molar-refractivity contribution is 9.10. The topological polar surface area (TPSA) is 86.8 Å². The van der Waals surface area contributed by atoms with Crippen LogP contribution in [0.25, 0.3) is 0 Å². The van der Waals surface area contributed by atoms with Crippen LogP contribution >= 0.6 is 15.9 Å². The van der Waals surface area contributed by atoms with Crippen LogP contribution in [0.4, 0.5) is 5.69 Å². The van der Waals surface area contributed by atoms with Gasteiger partial charge in [0.1, 0.15) is 12.6 Å². The van der Waals surface area contributed by atoms with E-state index < -0.39 is 28.5 Å². The van der Waals surface area contributed by atoms with Crippen molar-refractivity contribution in [2.24, 2.45) is 0 Å². The Hall–Kier alpha value is -3.17. The van der Waals surface area contributed by atoms with Gasteiger partial charge in [0.2, 0.25) is 21.8 Å². The maximum atomic E-state index is 14.0. The molecule has 7 nitrogen and oxygen atoms in total. The molecular weight excluding hydrogens is 578 g/mol. The molecule has 0 aliphatic heterocycles. The standard InChI is InChI=1S/C30H36BrN3O4S/c1-4-5-17-32-30(36)28(19-24-12-7-6-8-13-24)33(21-25-14-9-11-23(2)18-25)29(35)22-34(39(3,37)38)27-16-10-15-26(31)20-27/h6-16,18,20,28H,4-5,17,19,21-22H2,1-3H3,(H,32,36)/t28-/m1/s1. The van der Waals surface area contributed by atoms with Gasteiger partial charge in [-0.2, -0.15) is 0 Å². The highest BCUT2D eigenvalue weighted by Gasteiger charge is 2.33. The Morgan fingerprint density at radius 2 is 1.64 bits per heavy atom. The second-order valence-electron chi connectivity index (χ2n) is 9.61. The first-order valence-electron chi connectivity index (χ1n) is 13.0. The molecule has 0 fully saturated rings. The number of sulfonamides is 1. The molecule has 0 bridgehead atoms. The molecular formula is C30H36BrN3O4S. The Balaban J connectivity index is 2.03. The summed E-state index contributed by atoms with van der Waals surface area (Å²) in [7, 11) is -3.80. The van der Waals surface area contributed by atoms with Gasteiger partial charge < -0.3 is 10.2 Å². The maximum Gasteiger partial charge on any atom is 0.244 e. The molecule has 3 aromatic rings. The molecule has 3 aromatic carbocycles. The number of amides is 2. The third-order valence-electron chi connectivity index (χ3n) is 6.31. The lowest BCUT2D eigenvalue weighted by Crippen LogP contribution is -2.53. The van der Waals surface area contributed by atoms with Crippen LogP contribution < -0.4 is 9.62 Å². The largest absolute Gasteiger partial charge is 0.354 e. The molecule has 0 aromatic heterocycles. The Kier molecular flexibility index (Phi) is 11.1. The molecule has 208 valence electrons. The summed E-state index contributed by atoms with van der Waals surface area (Å²) in [6.45, 7) is 4.24. The lowest BCUT2D eigenvalue weighted by atomic mass is 10.0. The number of aryl methyl sites for hydroxylation is 1. The van der Waals surface area contributed by atoms with E-state index in [1.165, 1.54) is 4.90 Å². The third kappa shape index (κ3) is 9.21. The van der Waals surface area contributed by atoms with E-state index in [4.69, 9.17) is 0 Å². The molecule has 0 aliphatic carbocycles. The summed E-state index contributed by atoms with van der Waals surface area (Å²) in [5, 5.41) is 2.99. The van der Waals surface area contributed by atoms with Crippen molar-refractivity contribution < 1.29 is 18.0 Å². The second-order valence-corrected chi connectivity index (χ2v) is 12.4. The highest BCUT2D eigenvalue weighted by atomic mass is 79.9. The van der Waals surface area contributed by atoms with E-state index in [-0.39, 0.29) is 12.5 Å². The molecule has 0 heterocycles. The van der Waals surface area contributed by atoms with Gasteiger partial charge >= 0.3 is 0 Å². The SMILES string of the molecule is CCCCNC(=O)[C@@H](Cc1ccccc1)N(Cc1cccc(C)c1)C(=O)CN(c1cccc(Br)c1)S(C)(=O)=O. The van der Waals surface area contributed by atoms with Gasteiger partial charge in [-0.3, -0.25) is 13.9 Å². The normalized spacial score (nSPS) is 12.0. The molecule has 3 rings (SSSR count). The van der Waals surface area contributed by atoms with Crippen LogP contribution in [0.5, 0.6) is 0 Å². The summed E-state index contributed by atoms with van der Waals surface area (Å²) in [4.78, 5) is 29.1. The van der Waals surface area contributed by atoms with Crippen molar-refractivity contribution in [2.45, 2.75) is 45.7 Å². The fraction of sp³-hybridized carbons (Fsp3) is 0.333. The molecule has 39 heavy (non-hydrogen) atoms. The number of nitrogens with zero attached hydrogens (tertiary/aromatic N) is 2. The first-order chi connectivity index (χ1) is 18.6. The van der Waals surface area contributed by atoms with Gasteiger partial charge in [0, 0.05) is 24.0 Å². The zero-order valence-corrected chi connectivity index (χ0v) is 25.0. The van der Waals surface area contributed by atoms with Crippen molar-refractivity contribution in [1.82, 2.24) is 10.2 Å². The molecule has 9 heteroatoms. The molecule has 0 unspecified atom stereocenters. The van der Waals surface area contributed by atoms with Crippen LogP contribution in [0.2, 0.25) is 0 Å². The average Bonchev–Trinajstić information content (AvgIpc) is 2.89. The minimum atomic E-state index is -3.80. The lowest BCUT2D eigenvalue weighted by Gasteiger charge is -2.33. The van der Waals surface area contributed by atoms with Crippen LogP contribution in [0, 0.1) is 6.92 Å². The number of halogens is 1.